The summed E-state index contributed by atoms with van der Waals surface area (Å²) in [7, 11) is 0. The van der Waals surface area contributed by atoms with Gasteiger partial charge >= 0.3 is 11.9 Å². The quantitative estimate of drug-likeness (QED) is 0.646. The predicted molar refractivity (Wildman–Crippen MR) is 69.2 cm³/mol. The average Bonchev–Trinajstić information content (AvgIpc) is 3.09. The highest BCUT2D eigenvalue weighted by Gasteiger charge is 2.14. The van der Waals surface area contributed by atoms with Crippen molar-refractivity contribution in [2.75, 3.05) is 0 Å². The van der Waals surface area contributed by atoms with E-state index in [0.717, 1.165) is 5.82 Å². The Morgan fingerprint density at radius 3 is 2.30 bits per heavy atom. The molecule has 20 heavy (non-hydrogen) atoms. The zero-order valence-corrected chi connectivity index (χ0v) is 10.9. The van der Waals surface area contributed by atoms with Crippen LogP contribution in [0.15, 0.2) is 24.8 Å². The Morgan fingerprint density at radius 1 is 1.20 bits per heavy atom. The number of aryl methyl sites for hydroxylation is 1. The number of hydrogen-bond acceptors (Lipinski definition) is 4. The van der Waals surface area contributed by atoms with Crippen molar-refractivity contribution in [2.45, 2.75) is 25.7 Å². The van der Waals surface area contributed by atoms with Gasteiger partial charge in [-0.2, -0.15) is 0 Å². The number of carboxylic acids is 2. The van der Waals surface area contributed by atoms with E-state index in [1.807, 2.05) is 0 Å². The molecule has 8 heteroatoms. The van der Waals surface area contributed by atoms with Crippen LogP contribution in [0.1, 0.15) is 30.9 Å². The molecule has 0 saturated heterocycles. The van der Waals surface area contributed by atoms with Crippen LogP contribution >= 0.6 is 0 Å². The van der Waals surface area contributed by atoms with Crippen LogP contribution in [-0.2, 0) is 16.0 Å². The summed E-state index contributed by atoms with van der Waals surface area (Å²) < 4.78 is 0. The second-order valence-electron chi connectivity index (χ2n) is 3.96. The van der Waals surface area contributed by atoms with Gasteiger partial charge in [-0.1, -0.05) is 0 Å². The number of H-pyrrole nitrogens is 2. The van der Waals surface area contributed by atoms with Crippen molar-refractivity contribution in [1.82, 2.24) is 19.9 Å². The lowest BCUT2D eigenvalue weighted by molar-refractivity contribution is -0.139. The molecule has 2 aromatic rings. The average molecular weight is 280 g/mol. The lowest BCUT2D eigenvalue weighted by Crippen LogP contribution is -2.08. The van der Waals surface area contributed by atoms with Crippen molar-refractivity contribution in [3.8, 4) is 0 Å². The smallest absolute Gasteiger partial charge is 0.313 e. The van der Waals surface area contributed by atoms with Crippen molar-refractivity contribution < 1.29 is 19.8 Å². The number of carboxylic acid groups (broad SMARTS) is 2. The molecule has 0 bridgehead atoms. The van der Waals surface area contributed by atoms with Gasteiger partial charge in [-0.05, 0) is 6.92 Å². The van der Waals surface area contributed by atoms with Gasteiger partial charge in [0.2, 0.25) is 0 Å². The van der Waals surface area contributed by atoms with Crippen LogP contribution in [0.5, 0.6) is 0 Å². The third-order valence-electron chi connectivity index (χ3n) is 2.43. The molecule has 0 saturated carbocycles. The molecular weight excluding hydrogens is 264 g/mol. The first kappa shape index (κ1) is 15.4. The molecule has 1 unspecified atom stereocenters. The molecule has 8 nitrogen and oxygen atoms in total. The van der Waals surface area contributed by atoms with E-state index in [4.69, 9.17) is 10.2 Å². The molecule has 0 aliphatic carbocycles. The lowest BCUT2D eigenvalue weighted by atomic mass is 10.2. The number of hydrogen-bond donors (Lipinski definition) is 4. The largest absolute Gasteiger partial charge is 0.481 e. The molecule has 0 amide bonds. The molecule has 1 atom stereocenters. The molecule has 2 heterocycles. The Kier molecular flexibility index (Phi) is 5.95. The third kappa shape index (κ3) is 5.34. The van der Waals surface area contributed by atoms with E-state index in [9.17, 15) is 9.59 Å². The SMILES string of the molecule is CC(C(=O)O)c1ncc[nH]1.O=C(O)CCc1ncc[nH]1. The maximum atomic E-state index is 10.3. The minimum atomic E-state index is -0.866. The fraction of sp³-hybridized carbons (Fsp3) is 0.333. The Balaban J connectivity index is 0.000000200. The molecule has 108 valence electrons. The summed E-state index contributed by atoms with van der Waals surface area (Å²) in [6, 6.07) is 0. The topological polar surface area (TPSA) is 132 Å². The van der Waals surface area contributed by atoms with Crippen LogP contribution in [0.3, 0.4) is 0 Å². The number of aromatic amines is 2. The molecule has 0 radical (unpaired) electrons. The summed E-state index contributed by atoms with van der Waals surface area (Å²) >= 11 is 0. The highest BCUT2D eigenvalue weighted by Crippen LogP contribution is 2.07. The van der Waals surface area contributed by atoms with Gasteiger partial charge in [-0.3, -0.25) is 9.59 Å². The van der Waals surface area contributed by atoms with Crippen LogP contribution in [0.2, 0.25) is 0 Å². The van der Waals surface area contributed by atoms with E-state index >= 15 is 0 Å². The van der Waals surface area contributed by atoms with Gasteiger partial charge < -0.3 is 20.2 Å². The van der Waals surface area contributed by atoms with Crippen LogP contribution in [-0.4, -0.2) is 42.1 Å². The zero-order chi connectivity index (χ0) is 15.0. The number of rotatable bonds is 5. The van der Waals surface area contributed by atoms with Gasteiger partial charge in [0.1, 0.15) is 17.6 Å². The van der Waals surface area contributed by atoms with Crippen molar-refractivity contribution >= 4 is 11.9 Å². The zero-order valence-electron chi connectivity index (χ0n) is 10.9. The fourth-order valence-corrected chi connectivity index (χ4v) is 1.29. The van der Waals surface area contributed by atoms with Crippen molar-refractivity contribution in [2.24, 2.45) is 0 Å². The Morgan fingerprint density at radius 2 is 1.85 bits per heavy atom. The first-order valence-corrected chi connectivity index (χ1v) is 5.92. The number of nitrogens with zero attached hydrogens (tertiary/aromatic N) is 2. The van der Waals surface area contributed by atoms with Crippen molar-refractivity contribution in [3.63, 3.8) is 0 Å². The third-order valence-corrected chi connectivity index (χ3v) is 2.43. The summed E-state index contributed by atoms with van der Waals surface area (Å²) in [6.45, 7) is 1.58. The van der Waals surface area contributed by atoms with Crippen molar-refractivity contribution in [3.05, 3.63) is 36.4 Å². The van der Waals surface area contributed by atoms with Crippen LogP contribution in [0.25, 0.3) is 0 Å². The number of nitrogens with one attached hydrogen (secondary N) is 2. The fourth-order valence-electron chi connectivity index (χ4n) is 1.29. The second kappa shape index (κ2) is 7.72. The van der Waals surface area contributed by atoms with Gasteiger partial charge in [-0.15, -0.1) is 0 Å². The summed E-state index contributed by atoms with van der Waals surface area (Å²) in [5.74, 6) is -0.990. The highest BCUT2D eigenvalue weighted by atomic mass is 16.4. The van der Waals surface area contributed by atoms with E-state index in [2.05, 4.69) is 19.9 Å². The second-order valence-corrected chi connectivity index (χ2v) is 3.96. The first-order valence-electron chi connectivity index (χ1n) is 5.92. The highest BCUT2D eigenvalue weighted by molar-refractivity contribution is 5.74. The summed E-state index contributed by atoms with van der Waals surface area (Å²) in [6.07, 6.45) is 7.04. The van der Waals surface area contributed by atoms with Gasteiger partial charge in [0.05, 0.1) is 6.42 Å². The molecule has 0 fully saturated rings. The number of carbonyl (C=O) groups is 2. The lowest BCUT2D eigenvalue weighted by Gasteiger charge is -1.99. The number of aromatic nitrogens is 4. The minimum Gasteiger partial charge on any atom is -0.481 e. The molecule has 2 rings (SSSR count). The van der Waals surface area contributed by atoms with Crippen LogP contribution in [0, 0.1) is 0 Å². The minimum absolute atomic E-state index is 0.132. The van der Waals surface area contributed by atoms with Gasteiger partial charge in [0.15, 0.2) is 0 Å². The molecule has 0 aliphatic rings. The van der Waals surface area contributed by atoms with Crippen LogP contribution < -0.4 is 0 Å². The van der Waals surface area contributed by atoms with Gasteiger partial charge in [-0.25, -0.2) is 9.97 Å². The standard InChI is InChI=1S/2C6H8N2O2/c1-4(6(9)10)5-7-2-3-8-5;9-6(10)2-1-5-7-3-4-8-5/h2-4H,1H3,(H,7,8)(H,9,10);3-4H,1-2H2,(H,7,8)(H,9,10). The van der Waals surface area contributed by atoms with E-state index in [1.54, 1.807) is 25.5 Å². The number of imidazole rings is 2. The molecule has 2 aromatic heterocycles. The van der Waals surface area contributed by atoms with E-state index in [-0.39, 0.29) is 6.42 Å². The Labute approximate surface area is 114 Å². The van der Waals surface area contributed by atoms with E-state index in [0.29, 0.717) is 12.2 Å². The molecule has 0 aliphatic heterocycles. The van der Waals surface area contributed by atoms with E-state index < -0.39 is 17.9 Å². The monoisotopic (exact) mass is 280 g/mol. The Bertz CT molecular complexity index is 522. The number of aliphatic carboxylic acids is 2. The summed E-state index contributed by atoms with van der Waals surface area (Å²) in [5, 5.41) is 16.8. The van der Waals surface area contributed by atoms with Gasteiger partial charge in [0, 0.05) is 31.2 Å². The molecule has 4 N–H and O–H groups in total. The van der Waals surface area contributed by atoms with E-state index in [1.165, 1.54) is 6.20 Å². The van der Waals surface area contributed by atoms with Crippen molar-refractivity contribution in [1.29, 1.82) is 0 Å². The maximum absolute atomic E-state index is 10.3. The van der Waals surface area contributed by atoms with Gasteiger partial charge in [0.25, 0.3) is 0 Å². The first-order chi connectivity index (χ1) is 9.50. The molecular formula is C12H16N4O4. The molecule has 0 spiro atoms. The summed E-state index contributed by atoms with van der Waals surface area (Å²) in [4.78, 5) is 33.6. The summed E-state index contributed by atoms with van der Waals surface area (Å²) in [5.41, 5.74) is 0. The van der Waals surface area contributed by atoms with Crippen LogP contribution in [0.4, 0.5) is 0 Å². The normalized spacial score (nSPS) is 11.2. The molecule has 0 aromatic carbocycles. The predicted octanol–water partition coefficient (Wildman–Crippen LogP) is 1.02. The maximum Gasteiger partial charge on any atom is 0.313 e. The Hall–Kier alpha value is -2.64.